The first-order chi connectivity index (χ1) is 9.85. The summed E-state index contributed by atoms with van der Waals surface area (Å²) in [6, 6.07) is 0. The summed E-state index contributed by atoms with van der Waals surface area (Å²) in [7, 11) is 0. The maximum absolute atomic E-state index is 2.30. The molecule has 0 aromatic rings. The average Bonchev–Trinajstić information content (AvgIpc) is 2.51. The van der Waals surface area contributed by atoms with E-state index in [0.29, 0.717) is 0 Å². The molecule has 2 heteroatoms. The van der Waals surface area contributed by atoms with Gasteiger partial charge in [-0.15, -0.1) is 0 Å². The monoisotopic (exact) mass is 315 g/mol. The van der Waals surface area contributed by atoms with Gasteiger partial charge < -0.3 is 16.9 Å². The van der Waals surface area contributed by atoms with Crippen molar-refractivity contribution in [3.05, 3.63) is 0 Å². The van der Waals surface area contributed by atoms with Gasteiger partial charge in [0.2, 0.25) is 0 Å². The Kier molecular flexibility index (Phi) is 10.0. The predicted molar refractivity (Wildman–Crippen MR) is 88.9 cm³/mol. The minimum Gasteiger partial charge on any atom is -1.00 e. The van der Waals surface area contributed by atoms with Gasteiger partial charge in [0.05, 0.1) is 26.2 Å². The number of rotatable bonds is 11. The van der Waals surface area contributed by atoms with Gasteiger partial charge in [0.25, 0.3) is 0 Å². The quantitative estimate of drug-likeness (QED) is 0.406. The third-order valence-electron chi connectivity index (χ3n) is 6.02. The molecule has 0 aliphatic carbocycles. The van der Waals surface area contributed by atoms with Crippen molar-refractivity contribution >= 4 is 0 Å². The predicted octanol–water partition coefficient (Wildman–Crippen LogP) is 2.54. The normalized spacial score (nSPS) is 27.6. The summed E-state index contributed by atoms with van der Waals surface area (Å²) in [6.07, 6.45) is 19.4. The molecule has 21 heavy (non-hydrogen) atoms. The van der Waals surface area contributed by atoms with Crippen LogP contribution in [0.5, 0.6) is 0 Å². The van der Waals surface area contributed by atoms with Crippen LogP contribution in [-0.4, -0.2) is 30.7 Å². The molecule has 0 saturated carbocycles. The van der Waals surface area contributed by atoms with Crippen LogP contribution in [0.1, 0.15) is 90.4 Å². The first kappa shape index (κ1) is 19.3. The second-order valence-corrected chi connectivity index (χ2v) is 7.65. The highest BCUT2D eigenvalue weighted by Gasteiger charge is 2.38. The zero-order valence-electron chi connectivity index (χ0n) is 14.4. The average molecular weight is 316 g/mol. The molecule has 0 aromatic heterocycles. The number of hydrogen-bond donors (Lipinski definition) is 0. The van der Waals surface area contributed by atoms with Crippen LogP contribution < -0.4 is 12.4 Å². The molecule has 3 heterocycles. The van der Waals surface area contributed by atoms with E-state index in [9.17, 15) is 0 Å². The highest BCUT2D eigenvalue weighted by molar-refractivity contribution is 4.71. The van der Waals surface area contributed by atoms with E-state index in [1.54, 1.807) is 0 Å². The second-order valence-electron chi connectivity index (χ2n) is 7.65. The molecule has 0 atom stereocenters. The van der Waals surface area contributed by atoms with Crippen LogP contribution in [0.15, 0.2) is 0 Å². The molecule has 0 N–H and O–H groups in total. The molecular weight excluding hydrogens is 278 g/mol. The Morgan fingerprint density at radius 3 is 1.57 bits per heavy atom. The number of piperidine rings is 3. The summed E-state index contributed by atoms with van der Waals surface area (Å²) in [5.74, 6) is 1.11. The van der Waals surface area contributed by atoms with Gasteiger partial charge in [-0.25, -0.2) is 0 Å². The SMILES string of the molecule is CCCCCCCCCCCC[N+]12CCC(CC1)CC2.[Cl-]. The highest BCUT2D eigenvalue weighted by Crippen LogP contribution is 2.33. The molecule has 0 unspecified atom stereocenters. The second kappa shape index (κ2) is 10.9. The summed E-state index contributed by atoms with van der Waals surface area (Å²) >= 11 is 0. The Morgan fingerprint density at radius 2 is 1.10 bits per heavy atom. The Balaban J connectivity index is 0.00000220. The van der Waals surface area contributed by atoms with Crippen molar-refractivity contribution in [1.82, 2.24) is 0 Å². The summed E-state index contributed by atoms with van der Waals surface area (Å²) in [5, 5.41) is 0. The number of fused-ring (bicyclic) bond motifs is 3. The smallest absolute Gasteiger partial charge is 0.0789 e. The number of nitrogens with zero attached hydrogens (tertiary/aromatic N) is 1. The van der Waals surface area contributed by atoms with Gasteiger partial charge in [0, 0.05) is 0 Å². The topological polar surface area (TPSA) is 0 Å². The Bertz CT molecular complexity index is 232. The van der Waals surface area contributed by atoms with E-state index in [-0.39, 0.29) is 12.4 Å². The highest BCUT2D eigenvalue weighted by atomic mass is 35.5. The van der Waals surface area contributed by atoms with Crippen LogP contribution in [0.2, 0.25) is 0 Å². The minimum atomic E-state index is 0. The zero-order valence-corrected chi connectivity index (χ0v) is 15.2. The van der Waals surface area contributed by atoms with Gasteiger partial charge in [-0.05, 0) is 38.0 Å². The molecule has 126 valence electrons. The lowest BCUT2D eigenvalue weighted by atomic mass is 9.85. The van der Waals surface area contributed by atoms with Gasteiger partial charge in [-0.3, -0.25) is 0 Å². The summed E-state index contributed by atoms with van der Waals surface area (Å²) in [5.41, 5.74) is 0. The molecule has 2 bridgehead atoms. The molecule has 0 spiro atoms. The van der Waals surface area contributed by atoms with Crippen molar-refractivity contribution in [2.75, 3.05) is 26.2 Å². The van der Waals surface area contributed by atoms with E-state index in [4.69, 9.17) is 0 Å². The Hall–Kier alpha value is 0.250. The molecule has 0 aromatic carbocycles. The maximum Gasteiger partial charge on any atom is 0.0789 e. The largest absolute Gasteiger partial charge is 1.00 e. The zero-order chi connectivity index (χ0) is 14.1. The van der Waals surface area contributed by atoms with E-state index in [2.05, 4.69) is 6.92 Å². The van der Waals surface area contributed by atoms with Crippen LogP contribution in [0.4, 0.5) is 0 Å². The van der Waals surface area contributed by atoms with Gasteiger partial charge in [-0.2, -0.15) is 0 Å². The number of halogens is 1. The first-order valence-corrected chi connectivity index (χ1v) is 9.70. The molecule has 0 amide bonds. The minimum absolute atomic E-state index is 0. The van der Waals surface area contributed by atoms with E-state index >= 15 is 0 Å². The molecule has 3 rings (SSSR count). The fourth-order valence-corrected chi connectivity index (χ4v) is 4.41. The molecule has 0 radical (unpaired) electrons. The van der Waals surface area contributed by atoms with Crippen LogP contribution in [0, 0.1) is 5.92 Å². The van der Waals surface area contributed by atoms with Gasteiger partial charge in [0.1, 0.15) is 0 Å². The van der Waals surface area contributed by atoms with Gasteiger partial charge >= 0.3 is 0 Å². The van der Waals surface area contributed by atoms with Gasteiger partial charge in [0.15, 0.2) is 0 Å². The molecular formula is C19H38ClN. The van der Waals surface area contributed by atoms with E-state index < -0.39 is 0 Å². The number of unbranched alkanes of at least 4 members (excludes halogenated alkanes) is 9. The summed E-state index contributed by atoms with van der Waals surface area (Å²) in [6.45, 7) is 8.35. The van der Waals surface area contributed by atoms with E-state index in [1.807, 2.05) is 0 Å². The lowest BCUT2D eigenvalue weighted by molar-refractivity contribution is -0.942. The van der Waals surface area contributed by atoms with E-state index in [0.717, 1.165) is 5.92 Å². The molecule has 3 aliphatic rings. The van der Waals surface area contributed by atoms with Crippen LogP contribution >= 0.6 is 0 Å². The number of hydrogen-bond acceptors (Lipinski definition) is 0. The van der Waals surface area contributed by atoms with Crippen molar-refractivity contribution in [3.8, 4) is 0 Å². The fraction of sp³-hybridized carbons (Fsp3) is 1.00. The van der Waals surface area contributed by atoms with Crippen molar-refractivity contribution in [1.29, 1.82) is 0 Å². The Morgan fingerprint density at radius 1 is 0.667 bits per heavy atom. The summed E-state index contributed by atoms with van der Waals surface area (Å²) < 4.78 is 1.51. The standard InChI is InChI=1S/C19H38N.ClH/c1-2-3-4-5-6-7-8-9-10-11-15-20-16-12-19(13-17-20)14-18-20;/h19H,2-18H2,1H3;1H/q+1;/p-1. The maximum atomic E-state index is 2.30. The first-order valence-electron chi connectivity index (χ1n) is 9.70. The van der Waals surface area contributed by atoms with Crippen LogP contribution in [0.25, 0.3) is 0 Å². The van der Waals surface area contributed by atoms with Crippen molar-refractivity contribution in [2.24, 2.45) is 5.92 Å². The molecule has 3 aliphatic heterocycles. The van der Waals surface area contributed by atoms with E-state index in [1.165, 1.54) is 114 Å². The fourth-order valence-electron chi connectivity index (χ4n) is 4.41. The number of quaternary nitrogens is 1. The molecule has 3 saturated heterocycles. The van der Waals surface area contributed by atoms with Crippen molar-refractivity contribution in [3.63, 3.8) is 0 Å². The van der Waals surface area contributed by atoms with Crippen molar-refractivity contribution < 1.29 is 16.9 Å². The van der Waals surface area contributed by atoms with Gasteiger partial charge in [-0.1, -0.05) is 58.3 Å². The summed E-state index contributed by atoms with van der Waals surface area (Å²) in [4.78, 5) is 0. The third kappa shape index (κ3) is 6.91. The van der Waals surface area contributed by atoms with Crippen molar-refractivity contribution in [2.45, 2.75) is 90.4 Å². The van der Waals surface area contributed by atoms with Crippen LogP contribution in [0.3, 0.4) is 0 Å². The third-order valence-corrected chi connectivity index (χ3v) is 6.02. The van der Waals surface area contributed by atoms with Crippen LogP contribution in [-0.2, 0) is 0 Å². The lowest BCUT2D eigenvalue weighted by Gasteiger charge is -2.49. The molecule has 3 fully saturated rings. The Labute approximate surface area is 139 Å². The molecule has 1 nitrogen and oxygen atoms in total. The lowest BCUT2D eigenvalue weighted by Crippen LogP contribution is -3.00.